The van der Waals surface area contributed by atoms with Crippen LogP contribution in [0.3, 0.4) is 0 Å². The molecule has 7 heteroatoms. The third-order valence-electron chi connectivity index (χ3n) is 4.51. The van der Waals surface area contributed by atoms with Crippen LogP contribution in [-0.2, 0) is 11.4 Å². The lowest BCUT2D eigenvalue weighted by Gasteiger charge is -2.11. The number of para-hydroxylation sites is 1. The summed E-state index contributed by atoms with van der Waals surface area (Å²) in [5.41, 5.74) is 3.28. The Morgan fingerprint density at radius 1 is 1.17 bits per heavy atom. The van der Waals surface area contributed by atoms with E-state index in [4.69, 9.17) is 14.0 Å². The van der Waals surface area contributed by atoms with Crippen molar-refractivity contribution in [3.63, 3.8) is 0 Å². The summed E-state index contributed by atoms with van der Waals surface area (Å²) >= 11 is 0. The molecule has 0 aliphatic carbocycles. The van der Waals surface area contributed by atoms with Gasteiger partial charge in [0.2, 0.25) is 5.91 Å². The Balaban J connectivity index is 1.72. The van der Waals surface area contributed by atoms with Gasteiger partial charge in [-0.3, -0.25) is 9.59 Å². The first-order valence-corrected chi connectivity index (χ1v) is 9.27. The van der Waals surface area contributed by atoms with E-state index in [0.29, 0.717) is 34.8 Å². The fourth-order valence-electron chi connectivity index (χ4n) is 2.83. The second-order valence-electron chi connectivity index (χ2n) is 6.53. The molecule has 1 heterocycles. The Morgan fingerprint density at radius 3 is 2.67 bits per heavy atom. The van der Waals surface area contributed by atoms with Gasteiger partial charge in [-0.1, -0.05) is 23.4 Å². The van der Waals surface area contributed by atoms with Crippen molar-refractivity contribution in [2.24, 2.45) is 0 Å². The summed E-state index contributed by atoms with van der Waals surface area (Å²) in [6, 6.07) is 12.1. The number of benzene rings is 2. The molecule has 0 atom stereocenters. The van der Waals surface area contributed by atoms with Crippen LogP contribution in [0.25, 0.3) is 6.08 Å². The number of carbonyl (C=O) groups is 2. The highest BCUT2D eigenvalue weighted by Gasteiger charge is 2.12. The predicted octanol–water partition coefficient (Wildman–Crippen LogP) is 4.34. The van der Waals surface area contributed by atoms with Gasteiger partial charge < -0.3 is 19.3 Å². The molecular formula is C23H22N2O5. The van der Waals surface area contributed by atoms with Crippen LogP contribution in [0.2, 0.25) is 0 Å². The zero-order chi connectivity index (χ0) is 21.5. The van der Waals surface area contributed by atoms with E-state index in [2.05, 4.69) is 10.5 Å². The fourth-order valence-corrected chi connectivity index (χ4v) is 2.83. The summed E-state index contributed by atoms with van der Waals surface area (Å²) in [5, 5.41) is 6.62. The standard InChI is InChI=1S/C23H22N2O5/c1-15-19(16(2)30-25-15)14-29-22-12-17(8-10-21(22)28-3)9-11-23(27)24-20-7-5-4-6-18(20)13-26/h4-13H,14H2,1-3H3,(H,24,27)/b11-9+. The Bertz CT molecular complexity index is 1070. The third kappa shape index (κ3) is 4.94. The van der Waals surface area contributed by atoms with E-state index >= 15 is 0 Å². The molecule has 2 aromatic carbocycles. The molecule has 0 saturated heterocycles. The summed E-state index contributed by atoms with van der Waals surface area (Å²) in [6.45, 7) is 3.97. The molecule has 0 bridgehead atoms. The number of methoxy groups -OCH3 is 1. The molecule has 154 valence electrons. The maximum absolute atomic E-state index is 12.2. The highest BCUT2D eigenvalue weighted by Crippen LogP contribution is 2.30. The molecule has 0 saturated carbocycles. The van der Waals surface area contributed by atoms with Gasteiger partial charge in [0, 0.05) is 11.6 Å². The highest BCUT2D eigenvalue weighted by molar-refractivity contribution is 6.04. The van der Waals surface area contributed by atoms with Crippen LogP contribution >= 0.6 is 0 Å². The number of hydrogen-bond donors (Lipinski definition) is 1. The van der Waals surface area contributed by atoms with Gasteiger partial charge in [-0.05, 0) is 49.8 Å². The zero-order valence-electron chi connectivity index (χ0n) is 17.0. The maximum atomic E-state index is 12.2. The lowest BCUT2D eigenvalue weighted by atomic mass is 10.1. The smallest absolute Gasteiger partial charge is 0.248 e. The summed E-state index contributed by atoms with van der Waals surface area (Å²) in [5.74, 6) is 1.46. The van der Waals surface area contributed by atoms with Crippen molar-refractivity contribution >= 4 is 24.0 Å². The van der Waals surface area contributed by atoms with Gasteiger partial charge in [-0.2, -0.15) is 0 Å². The number of nitrogens with one attached hydrogen (secondary N) is 1. The Morgan fingerprint density at radius 2 is 1.97 bits per heavy atom. The first kappa shape index (κ1) is 20.9. The molecule has 0 fully saturated rings. The summed E-state index contributed by atoms with van der Waals surface area (Å²) in [7, 11) is 1.56. The molecule has 3 aromatic rings. The molecule has 0 aliphatic heterocycles. The lowest BCUT2D eigenvalue weighted by molar-refractivity contribution is -0.111. The highest BCUT2D eigenvalue weighted by atomic mass is 16.5. The topological polar surface area (TPSA) is 90.7 Å². The van der Waals surface area contributed by atoms with Gasteiger partial charge in [0.05, 0.1) is 24.1 Å². The van der Waals surface area contributed by atoms with Crippen molar-refractivity contribution in [3.8, 4) is 11.5 Å². The van der Waals surface area contributed by atoms with Crippen molar-refractivity contribution in [3.05, 3.63) is 76.7 Å². The van der Waals surface area contributed by atoms with Crippen LogP contribution in [0.1, 0.15) is 32.9 Å². The monoisotopic (exact) mass is 406 g/mol. The molecule has 0 spiro atoms. The Labute approximate surface area is 174 Å². The number of rotatable bonds is 8. The Kier molecular flexibility index (Phi) is 6.64. The minimum Gasteiger partial charge on any atom is -0.493 e. The normalized spacial score (nSPS) is 10.8. The van der Waals surface area contributed by atoms with Gasteiger partial charge in [0.15, 0.2) is 17.8 Å². The van der Waals surface area contributed by atoms with Gasteiger partial charge in [0.25, 0.3) is 0 Å². The summed E-state index contributed by atoms with van der Waals surface area (Å²) in [4.78, 5) is 23.3. The molecule has 30 heavy (non-hydrogen) atoms. The second-order valence-corrected chi connectivity index (χ2v) is 6.53. The number of aldehydes is 1. The van der Waals surface area contributed by atoms with Gasteiger partial charge in [0.1, 0.15) is 12.4 Å². The lowest BCUT2D eigenvalue weighted by Crippen LogP contribution is -2.09. The molecule has 0 unspecified atom stereocenters. The number of aromatic nitrogens is 1. The number of ether oxygens (including phenoxy) is 2. The van der Waals surface area contributed by atoms with E-state index in [9.17, 15) is 9.59 Å². The van der Waals surface area contributed by atoms with Crippen molar-refractivity contribution in [2.45, 2.75) is 20.5 Å². The van der Waals surface area contributed by atoms with Crippen LogP contribution in [0.15, 0.2) is 53.1 Å². The van der Waals surface area contributed by atoms with E-state index in [1.165, 1.54) is 6.08 Å². The van der Waals surface area contributed by atoms with E-state index in [1.807, 2.05) is 19.9 Å². The molecule has 7 nitrogen and oxygen atoms in total. The van der Waals surface area contributed by atoms with Gasteiger partial charge in [-0.15, -0.1) is 0 Å². The van der Waals surface area contributed by atoms with Crippen LogP contribution < -0.4 is 14.8 Å². The predicted molar refractivity (Wildman–Crippen MR) is 113 cm³/mol. The first-order chi connectivity index (χ1) is 14.5. The number of nitrogens with zero attached hydrogens (tertiary/aromatic N) is 1. The minimum atomic E-state index is -0.349. The quantitative estimate of drug-likeness (QED) is 0.442. The molecule has 0 aliphatic rings. The Hall–Kier alpha value is -3.87. The number of hydrogen-bond acceptors (Lipinski definition) is 6. The summed E-state index contributed by atoms with van der Waals surface area (Å²) in [6.07, 6.45) is 3.74. The zero-order valence-corrected chi connectivity index (χ0v) is 17.0. The van der Waals surface area contributed by atoms with E-state index in [0.717, 1.165) is 16.8 Å². The fraction of sp³-hybridized carbons (Fsp3) is 0.174. The van der Waals surface area contributed by atoms with Crippen molar-refractivity contribution in [1.82, 2.24) is 5.16 Å². The van der Waals surface area contributed by atoms with Crippen LogP contribution in [-0.4, -0.2) is 24.5 Å². The first-order valence-electron chi connectivity index (χ1n) is 9.27. The van der Waals surface area contributed by atoms with Crippen molar-refractivity contribution < 1.29 is 23.6 Å². The maximum Gasteiger partial charge on any atom is 0.248 e. The van der Waals surface area contributed by atoms with E-state index < -0.39 is 0 Å². The van der Waals surface area contributed by atoms with E-state index in [-0.39, 0.29) is 12.5 Å². The van der Waals surface area contributed by atoms with Gasteiger partial charge in [-0.25, -0.2) is 0 Å². The van der Waals surface area contributed by atoms with Crippen molar-refractivity contribution in [2.75, 3.05) is 12.4 Å². The number of carbonyl (C=O) groups excluding carboxylic acids is 2. The van der Waals surface area contributed by atoms with Crippen LogP contribution in [0.4, 0.5) is 5.69 Å². The largest absolute Gasteiger partial charge is 0.493 e. The molecule has 1 amide bonds. The molecular weight excluding hydrogens is 384 g/mol. The van der Waals surface area contributed by atoms with E-state index in [1.54, 1.807) is 49.6 Å². The number of anilines is 1. The third-order valence-corrected chi connectivity index (χ3v) is 4.51. The van der Waals surface area contributed by atoms with Crippen molar-refractivity contribution in [1.29, 1.82) is 0 Å². The SMILES string of the molecule is COc1ccc(/C=C/C(=O)Nc2ccccc2C=O)cc1OCc1c(C)noc1C. The molecule has 0 radical (unpaired) electrons. The number of amides is 1. The minimum absolute atomic E-state index is 0.285. The molecule has 1 N–H and O–H groups in total. The second kappa shape index (κ2) is 9.56. The van der Waals surface area contributed by atoms with Crippen LogP contribution in [0, 0.1) is 13.8 Å². The van der Waals surface area contributed by atoms with Crippen LogP contribution in [0.5, 0.6) is 11.5 Å². The molecule has 1 aromatic heterocycles. The summed E-state index contributed by atoms with van der Waals surface area (Å²) < 4.78 is 16.4. The average molecular weight is 406 g/mol. The molecule has 3 rings (SSSR count). The average Bonchev–Trinajstić information content (AvgIpc) is 3.08. The van der Waals surface area contributed by atoms with Gasteiger partial charge >= 0.3 is 0 Å². The number of aryl methyl sites for hydroxylation is 2.